The first-order chi connectivity index (χ1) is 9.14. The van der Waals surface area contributed by atoms with Crippen LogP contribution in [-0.4, -0.2) is 29.5 Å². The van der Waals surface area contributed by atoms with Gasteiger partial charge in [0.05, 0.1) is 19.1 Å². The highest BCUT2D eigenvalue weighted by molar-refractivity contribution is 8.00. The van der Waals surface area contributed by atoms with Gasteiger partial charge in [-0.2, -0.15) is 11.8 Å². The molecule has 4 heteroatoms. The minimum absolute atomic E-state index is 0.193. The summed E-state index contributed by atoms with van der Waals surface area (Å²) in [4.78, 5) is 12.4. The Kier molecular flexibility index (Phi) is 3.21. The molecule has 102 valence electrons. The quantitative estimate of drug-likeness (QED) is 0.789. The van der Waals surface area contributed by atoms with E-state index in [1.807, 2.05) is 30.0 Å². The van der Waals surface area contributed by atoms with Crippen molar-refractivity contribution in [2.75, 3.05) is 12.9 Å². The highest BCUT2D eigenvalue weighted by Crippen LogP contribution is 2.45. The van der Waals surface area contributed by atoms with Gasteiger partial charge in [-0.1, -0.05) is 0 Å². The summed E-state index contributed by atoms with van der Waals surface area (Å²) in [6, 6.07) is 5.46. The van der Waals surface area contributed by atoms with Crippen LogP contribution in [0.15, 0.2) is 18.2 Å². The Labute approximate surface area is 117 Å². The molecule has 2 unspecified atom stereocenters. The van der Waals surface area contributed by atoms with Gasteiger partial charge in [0.1, 0.15) is 17.1 Å². The topological polar surface area (TPSA) is 35.5 Å². The van der Waals surface area contributed by atoms with Crippen LogP contribution in [-0.2, 0) is 0 Å². The van der Waals surface area contributed by atoms with Crippen molar-refractivity contribution in [3.8, 4) is 11.5 Å². The number of rotatable bonds is 1. The molecule has 1 fully saturated rings. The summed E-state index contributed by atoms with van der Waals surface area (Å²) >= 11 is 1.90. The van der Waals surface area contributed by atoms with Crippen LogP contribution in [0.2, 0.25) is 0 Å². The van der Waals surface area contributed by atoms with E-state index in [-0.39, 0.29) is 11.4 Å². The number of thioether (sulfide) groups is 1. The van der Waals surface area contributed by atoms with Gasteiger partial charge in [-0.15, -0.1) is 0 Å². The molecule has 1 spiro atoms. The van der Waals surface area contributed by atoms with E-state index in [1.165, 1.54) is 0 Å². The van der Waals surface area contributed by atoms with E-state index in [4.69, 9.17) is 9.47 Å². The molecular formula is C15H18O3S. The lowest BCUT2D eigenvalue weighted by molar-refractivity contribution is 0.0328. The van der Waals surface area contributed by atoms with Gasteiger partial charge in [-0.05, 0) is 37.7 Å². The summed E-state index contributed by atoms with van der Waals surface area (Å²) in [5, 5.41) is 0.351. The van der Waals surface area contributed by atoms with Crippen LogP contribution < -0.4 is 9.47 Å². The number of hydrogen-bond donors (Lipinski definition) is 0. The van der Waals surface area contributed by atoms with Crippen LogP contribution in [0.1, 0.15) is 36.5 Å². The summed E-state index contributed by atoms with van der Waals surface area (Å²) in [6.45, 7) is 2.17. The van der Waals surface area contributed by atoms with E-state index in [1.54, 1.807) is 7.11 Å². The molecule has 0 aromatic heterocycles. The molecule has 1 saturated heterocycles. The van der Waals surface area contributed by atoms with Crippen molar-refractivity contribution in [1.29, 1.82) is 0 Å². The number of benzene rings is 1. The summed E-state index contributed by atoms with van der Waals surface area (Å²) < 4.78 is 11.5. The molecule has 0 N–H and O–H groups in total. The van der Waals surface area contributed by atoms with Crippen LogP contribution in [0.25, 0.3) is 0 Å². The minimum Gasteiger partial charge on any atom is -0.497 e. The van der Waals surface area contributed by atoms with Crippen molar-refractivity contribution in [1.82, 2.24) is 0 Å². The fourth-order valence-electron chi connectivity index (χ4n) is 2.92. The number of ether oxygens (including phenoxy) is 2. The molecule has 2 atom stereocenters. The molecule has 19 heavy (non-hydrogen) atoms. The summed E-state index contributed by atoms with van der Waals surface area (Å²) in [5.41, 5.74) is 0.369. The summed E-state index contributed by atoms with van der Waals surface area (Å²) in [5.74, 6) is 2.77. The molecule has 2 aliphatic heterocycles. The van der Waals surface area contributed by atoms with E-state index in [0.717, 1.165) is 24.3 Å². The van der Waals surface area contributed by atoms with Gasteiger partial charge in [-0.3, -0.25) is 4.79 Å². The SMILES string of the molecule is COc1ccc2c(c1)OC1(CCCSC1C)CC2=O. The third-order valence-electron chi connectivity index (χ3n) is 4.12. The molecule has 1 aromatic rings. The standard InChI is InChI=1S/C15H18O3S/c1-10-15(6-3-7-19-10)9-13(16)12-5-4-11(17-2)8-14(12)18-15/h4-5,8,10H,3,6-7,9H2,1-2H3. The molecule has 0 radical (unpaired) electrons. The molecule has 3 nitrogen and oxygen atoms in total. The van der Waals surface area contributed by atoms with Crippen molar-refractivity contribution in [3.05, 3.63) is 23.8 Å². The molecule has 0 aliphatic carbocycles. The van der Waals surface area contributed by atoms with Gasteiger partial charge in [-0.25, -0.2) is 0 Å². The predicted molar refractivity (Wildman–Crippen MR) is 76.5 cm³/mol. The van der Waals surface area contributed by atoms with Crippen LogP contribution >= 0.6 is 11.8 Å². The van der Waals surface area contributed by atoms with Crippen LogP contribution in [0.5, 0.6) is 11.5 Å². The second-order valence-electron chi connectivity index (χ2n) is 5.25. The molecule has 0 amide bonds. The lowest BCUT2D eigenvalue weighted by Gasteiger charge is -2.44. The number of methoxy groups -OCH3 is 1. The summed E-state index contributed by atoms with van der Waals surface area (Å²) in [7, 11) is 1.63. The number of hydrogen-bond acceptors (Lipinski definition) is 4. The predicted octanol–water partition coefficient (Wildman–Crippen LogP) is 3.31. The Hall–Kier alpha value is -1.16. The van der Waals surface area contributed by atoms with Gasteiger partial charge in [0.2, 0.25) is 0 Å². The van der Waals surface area contributed by atoms with Crippen LogP contribution in [0.4, 0.5) is 0 Å². The molecule has 0 saturated carbocycles. The second-order valence-corrected chi connectivity index (χ2v) is 6.69. The monoisotopic (exact) mass is 278 g/mol. The Morgan fingerprint density at radius 3 is 3.05 bits per heavy atom. The van der Waals surface area contributed by atoms with E-state index in [0.29, 0.717) is 23.0 Å². The molecule has 1 aromatic carbocycles. The normalized spacial score (nSPS) is 29.8. The largest absolute Gasteiger partial charge is 0.497 e. The van der Waals surface area contributed by atoms with Crippen molar-refractivity contribution in [2.45, 2.75) is 37.0 Å². The maximum atomic E-state index is 12.4. The molecule has 0 bridgehead atoms. The third kappa shape index (κ3) is 2.12. The molecule has 3 rings (SSSR count). The number of carbonyl (C=O) groups is 1. The third-order valence-corrected chi connectivity index (χ3v) is 5.57. The number of fused-ring (bicyclic) bond motifs is 1. The Balaban J connectivity index is 2.00. The van der Waals surface area contributed by atoms with Crippen molar-refractivity contribution in [3.63, 3.8) is 0 Å². The van der Waals surface area contributed by atoms with Gasteiger partial charge >= 0.3 is 0 Å². The minimum atomic E-state index is -0.320. The summed E-state index contributed by atoms with van der Waals surface area (Å²) in [6.07, 6.45) is 2.58. The zero-order valence-corrected chi connectivity index (χ0v) is 12.1. The Morgan fingerprint density at radius 1 is 1.47 bits per heavy atom. The lowest BCUT2D eigenvalue weighted by atomic mass is 9.84. The van der Waals surface area contributed by atoms with Gasteiger partial charge in [0, 0.05) is 11.3 Å². The lowest BCUT2D eigenvalue weighted by Crippen LogP contribution is -2.51. The van der Waals surface area contributed by atoms with E-state index in [9.17, 15) is 4.79 Å². The van der Waals surface area contributed by atoms with Crippen LogP contribution in [0.3, 0.4) is 0 Å². The zero-order chi connectivity index (χ0) is 13.5. The maximum Gasteiger partial charge on any atom is 0.170 e. The molecular weight excluding hydrogens is 260 g/mol. The van der Waals surface area contributed by atoms with Gasteiger partial charge in [0.15, 0.2) is 5.78 Å². The van der Waals surface area contributed by atoms with E-state index in [2.05, 4.69) is 6.92 Å². The average molecular weight is 278 g/mol. The smallest absolute Gasteiger partial charge is 0.170 e. The van der Waals surface area contributed by atoms with E-state index < -0.39 is 0 Å². The maximum absolute atomic E-state index is 12.4. The Bertz CT molecular complexity index is 514. The average Bonchev–Trinajstić information content (AvgIpc) is 2.41. The van der Waals surface area contributed by atoms with Crippen LogP contribution in [0, 0.1) is 0 Å². The van der Waals surface area contributed by atoms with E-state index >= 15 is 0 Å². The first-order valence-corrected chi connectivity index (χ1v) is 7.71. The van der Waals surface area contributed by atoms with Gasteiger partial charge < -0.3 is 9.47 Å². The first kappa shape index (κ1) is 12.9. The van der Waals surface area contributed by atoms with Gasteiger partial charge in [0.25, 0.3) is 0 Å². The number of ketones is 1. The fourth-order valence-corrected chi connectivity index (χ4v) is 4.14. The molecule has 2 aliphatic rings. The number of Topliss-reactive ketones (excluding diaryl/α,β-unsaturated/α-hetero) is 1. The number of carbonyl (C=O) groups excluding carboxylic acids is 1. The van der Waals surface area contributed by atoms with Crippen molar-refractivity contribution in [2.24, 2.45) is 0 Å². The Morgan fingerprint density at radius 2 is 2.32 bits per heavy atom. The van der Waals surface area contributed by atoms with Crippen molar-refractivity contribution >= 4 is 17.5 Å². The zero-order valence-electron chi connectivity index (χ0n) is 11.3. The van der Waals surface area contributed by atoms with Crippen molar-refractivity contribution < 1.29 is 14.3 Å². The highest BCUT2D eigenvalue weighted by Gasteiger charge is 2.46. The highest BCUT2D eigenvalue weighted by atomic mass is 32.2. The molecule has 2 heterocycles. The fraction of sp³-hybridized carbons (Fsp3) is 0.533. The second kappa shape index (κ2) is 4.75. The first-order valence-electron chi connectivity index (χ1n) is 6.66.